The first-order chi connectivity index (χ1) is 7.69. The Labute approximate surface area is 96.8 Å². The third kappa shape index (κ3) is 1.51. The molecule has 0 unspecified atom stereocenters. The van der Waals surface area contributed by atoms with Gasteiger partial charge in [0.15, 0.2) is 11.2 Å². The lowest BCUT2D eigenvalue weighted by atomic mass is 10.2. The molecule has 2 aromatic rings. The van der Waals surface area contributed by atoms with Crippen molar-refractivity contribution in [2.45, 2.75) is 0 Å². The number of H-pyrrole nitrogens is 1. The number of fused-ring (bicyclic) bond motifs is 1. The van der Waals surface area contributed by atoms with Crippen LogP contribution in [0.15, 0.2) is 23.1 Å². The fourth-order valence-electron chi connectivity index (χ4n) is 1.63. The van der Waals surface area contributed by atoms with Crippen LogP contribution in [0, 0.1) is 0 Å². The van der Waals surface area contributed by atoms with Crippen LogP contribution in [0.2, 0.25) is 5.02 Å². The molecule has 16 heavy (non-hydrogen) atoms. The largest absolute Gasteiger partial charge is 0.494 e. The summed E-state index contributed by atoms with van der Waals surface area (Å²) in [5.74, 6) is 0.873. The first-order valence-corrected chi connectivity index (χ1v) is 4.98. The lowest BCUT2D eigenvalue weighted by molar-refractivity contribution is 0.410. The number of aromatic amines is 1. The van der Waals surface area contributed by atoms with Crippen molar-refractivity contribution in [3.8, 4) is 11.5 Å². The van der Waals surface area contributed by atoms with Crippen molar-refractivity contribution in [1.29, 1.82) is 0 Å². The summed E-state index contributed by atoms with van der Waals surface area (Å²) in [5, 5.41) is 0.748. The number of methoxy groups -OCH3 is 2. The minimum absolute atomic E-state index is 0.161. The Kier molecular flexibility index (Phi) is 2.75. The van der Waals surface area contributed by atoms with E-state index in [1.54, 1.807) is 12.3 Å². The van der Waals surface area contributed by atoms with Crippen LogP contribution in [0.25, 0.3) is 10.9 Å². The Hall–Kier alpha value is -1.68. The maximum Gasteiger partial charge on any atom is 0.193 e. The SMILES string of the molecule is COc1cc(Cl)c(OC)c2c(=O)cc[nH]c12. The number of aromatic nitrogens is 1. The Morgan fingerprint density at radius 1 is 1.31 bits per heavy atom. The molecule has 84 valence electrons. The number of benzene rings is 1. The van der Waals surface area contributed by atoms with Crippen molar-refractivity contribution in [3.05, 3.63) is 33.6 Å². The van der Waals surface area contributed by atoms with E-state index >= 15 is 0 Å². The van der Waals surface area contributed by atoms with Crippen LogP contribution in [0.1, 0.15) is 0 Å². The summed E-state index contributed by atoms with van der Waals surface area (Å²) < 4.78 is 10.3. The van der Waals surface area contributed by atoms with Crippen LogP contribution >= 0.6 is 11.6 Å². The Balaban J connectivity index is 3.00. The average molecular weight is 240 g/mol. The molecule has 1 N–H and O–H groups in total. The van der Waals surface area contributed by atoms with Crippen LogP contribution < -0.4 is 14.9 Å². The topological polar surface area (TPSA) is 51.3 Å². The van der Waals surface area contributed by atoms with E-state index in [4.69, 9.17) is 21.1 Å². The monoisotopic (exact) mass is 239 g/mol. The van der Waals surface area contributed by atoms with Crippen LogP contribution in [0.4, 0.5) is 0 Å². The number of nitrogens with one attached hydrogen (secondary N) is 1. The fourth-order valence-corrected chi connectivity index (χ4v) is 1.90. The minimum Gasteiger partial charge on any atom is -0.494 e. The molecular weight excluding hydrogens is 230 g/mol. The Morgan fingerprint density at radius 3 is 2.69 bits per heavy atom. The molecule has 1 heterocycles. The van der Waals surface area contributed by atoms with Gasteiger partial charge in [-0.15, -0.1) is 0 Å². The first-order valence-electron chi connectivity index (χ1n) is 4.61. The highest BCUT2D eigenvalue weighted by atomic mass is 35.5. The number of rotatable bonds is 2. The second-order valence-corrected chi connectivity index (χ2v) is 3.59. The summed E-state index contributed by atoms with van der Waals surface area (Å²) in [4.78, 5) is 14.7. The lowest BCUT2D eigenvalue weighted by Gasteiger charge is -2.10. The Morgan fingerprint density at radius 2 is 2.06 bits per heavy atom. The van der Waals surface area contributed by atoms with Gasteiger partial charge in [0.05, 0.1) is 30.1 Å². The zero-order chi connectivity index (χ0) is 11.7. The molecular formula is C11H10ClNO3. The third-order valence-electron chi connectivity index (χ3n) is 2.33. The van der Waals surface area contributed by atoms with Crippen molar-refractivity contribution < 1.29 is 9.47 Å². The molecule has 2 rings (SSSR count). The van der Waals surface area contributed by atoms with Gasteiger partial charge in [0.2, 0.25) is 0 Å². The summed E-state index contributed by atoms with van der Waals surface area (Å²) in [6, 6.07) is 3.03. The van der Waals surface area contributed by atoms with Gasteiger partial charge in [0.25, 0.3) is 0 Å². The first kappa shape index (κ1) is 10.8. The van der Waals surface area contributed by atoms with E-state index in [1.807, 2.05) is 0 Å². The second-order valence-electron chi connectivity index (χ2n) is 3.19. The van der Waals surface area contributed by atoms with E-state index in [2.05, 4.69) is 4.98 Å². The van der Waals surface area contributed by atoms with Crippen LogP contribution in [-0.2, 0) is 0 Å². The van der Waals surface area contributed by atoms with Gasteiger partial charge in [-0.05, 0) is 0 Å². The zero-order valence-corrected chi connectivity index (χ0v) is 9.59. The summed E-state index contributed by atoms with van der Waals surface area (Å²) in [5.41, 5.74) is 0.419. The predicted octanol–water partition coefficient (Wildman–Crippen LogP) is 2.20. The molecule has 0 aliphatic heterocycles. The standard InChI is InChI=1S/C11H10ClNO3/c1-15-8-5-6(12)11(16-2)9-7(14)3-4-13-10(8)9/h3-5H,1-2H3,(H,13,14). The summed E-state index contributed by atoms with van der Waals surface area (Å²) >= 11 is 6.00. The second kappa shape index (κ2) is 4.06. The minimum atomic E-state index is -0.161. The van der Waals surface area contributed by atoms with Crippen molar-refractivity contribution in [2.24, 2.45) is 0 Å². The molecule has 0 atom stereocenters. The van der Waals surface area contributed by atoms with E-state index in [9.17, 15) is 4.79 Å². The fraction of sp³-hybridized carbons (Fsp3) is 0.182. The van der Waals surface area contributed by atoms with Crippen molar-refractivity contribution in [3.63, 3.8) is 0 Å². The zero-order valence-electron chi connectivity index (χ0n) is 8.83. The molecule has 1 aromatic carbocycles. The summed E-state index contributed by atoms with van der Waals surface area (Å²) in [7, 11) is 2.99. The van der Waals surface area contributed by atoms with Crippen LogP contribution in [0.5, 0.6) is 11.5 Å². The molecule has 0 spiro atoms. The number of pyridine rings is 1. The summed E-state index contributed by atoms with van der Waals surface area (Å²) in [6.07, 6.45) is 1.56. The molecule has 0 saturated carbocycles. The highest BCUT2D eigenvalue weighted by molar-refractivity contribution is 6.33. The van der Waals surface area contributed by atoms with Gasteiger partial charge in [-0.25, -0.2) is 0 Å². The maximum atomic E-state index is 11.8. The van der Waals surface area contributed by atoms with Crippen molar-refractivity contribution in [2.75, 3.05) is 14.2 Å². The van der Waals surface area contributed by atoms with Crippen molar-refractivity contribution >= 4 is 22.5 Å². The van der Waals surface area contributed by atoms with Crippen molar-refractivity contribution in [1.82, 2.24) is 4.98 Å². The molecule has 0 radical (unpaired) electrons. The van der Waals surface area contributed by atoms with Gasteiger partial charge in [-0.1, -0.05) is 11.6 Å². The molecule has 0 amide bonds. The molecule has 0 saturated heterocycles. The smallest absolute Gasteiger partial charge is 0.193 e. The van der Waals surface area contributed by atoms with E-state index in [1.165, 1.54) is 20.3 Å². The highest BCUT2D eigenvalue weighted by Gasteiger charge is 2.14. The number of ether oxygens (including phenoxy) is 2. The molecule has 4 nitrogen and oxygen atoms in total. The van der Waals surface area contributed by atoms with Crippen LogP contribution in [0.3, 0.4) is 0 Å². The maximum absolute atomic E-state index is 11.8. The number of halogens is 1. The normalized spacial score (nSPS) is 10.4. The van der Waals surface area contributed by atoms with Gasteiger partial charge in [0, 0.05) is 18.3 Å². The molecule has 0 aliphatic rings. The van der Waals surface area contributed by atoms with Gasteiger partial charge in [-0.3, -0.25) is 4.79 Å². The lowest BCUT2D eigenvalue weighted by Crippen LogP contribution is -2.04. The Bertz CT molecular complexity index is 592. The molecule has 5 heteroatoms. The van der Waals surface area contributed by atoms with Gasteiger partial charge in [0.1, 0.15) is 5.75 Å². The average Bonchev–Trinajstić information content (AvgIpc) is 2.29. The van der Waals surface area contributed by atoms with Gasteiger partial charge >= 0.3 is 0 Å². The van der Waals surface area contributed by atoms with E-state index in [0.29, 0.717) is 27.4 Å². The highest BCUT2D eigenvalue weighted by Crippen LogP contribution is 2.36. The molecule has 1 aromatic heterocycles. The molecule has 0 bridgehead atoms. The summed E-state index contributed by atoms with van der Waals surface area (Å²) in [6.45, 7) is 0. The van der Waals surface area contributed by atoms with E-state index < -0.39 is 0 Å². The van der Waals surface area contributed by atoms with Crippen LogP contribution in [-0.4, -0.2) is 19.2 Å². The molecule has 0 aliphatic carbocycles. The van der Waals surface area contributed by atoms with Gasteiger partial charge < -0.3 is 14.5 Å². The quantitative estimate of drug-likeness (QED) is 0.874. The third-order valence-corrected chi connectivity index (χ3v) is 2.61. The van der Waals surface area contributed by atoms with E-state index in [-0.39, 0.29) is 5.43 Å². The predicted molar refractivity (Wildman–Crippen MR) is 62.7 cm³/mol. The van der Waals surface area contributed by atoms with Gasteiger partial charge in [-0.2, -0.15) is 0 Å². The molecule has 0 fully saturated rings. The van der Waals surface area contributed by atoms with E-state index in [0.717, 1.165) is 0 Å². The number of hydrogen-bond acceptors (Lipinski definition) is 3. The number of hydrogen-bond donors (Lipinski definition) is 1.